The van der Waals surface area contributed by atoms with Crippen LogP contribution in [0.3, 0.4) is 0 Å². The minimum atomic E-state index is -0.282. The monoisotopic (exact) mass is 373 g/mol. The van der Waals surface area contributed by atoms with Crippen molar-refractivity contribution in [1.82, 2.24) is 20.2 Å². The van der Waals surface area contributed by atoms with Gasteiger partial charge in [-0.25, -0.2) is 9.07 Å². The number of nitrogens with two attached hydrogens (primary N) is 1. The van der Waals surface area contributed by atoms with Gasteiger partial charge in [0.05, 0.1) is 24.7 Å². The van der Waals surface area contributed by atoms with Crippen molar-refractivity contribution >= 4 is 5.91 Å². The lowest BCUT2D eigenvalue weighted by atomic mass is 9.93. The predicted molar refractivity (Wildman–Crippen MR) is 96.2 cm³/mol. The quantitative estimate of drug-likeness (QED) is 0.811. The third kappa shape index (κ3) is 3.58. The Morgan fingerprint density at radius 1 is 1.19 bits per heavy atom. The van der Waals surface area contributed by atoms with Crippen LogP contribution in [0.15, 0.2) is 24.3 Å². The SMILES string of the molecule is NC(=O)C1CC[NH+]([C@H](c2ccccc2F)c2nnnn2C2CCCC2)CC1. The number of likely N-dealkylation sites (tertiary alicyclic amines) is 1. The number of halogens is 1. The number of quaternary nitrogens is 1. The Morgan fingerprint density at radius 3 is 2.56 bits per heavy atom. The highest BCUT2D eigenvalue weighted by molar-refractivity contribution is 5.76. The number of benzene rings is 1. The highest BCUT2D eigenvalue weighted by Crippen LogP contribution is 2.31. The molecule has 4 rings (SSSR count). The molecule has 3 N–H and O–H groups in total. The van der Waals surface area contributed by atoms with E-state index in [9.17, 15) is 9.18 Å². The minimum Gasteiger partial charge on any atom is -0.369 e. The summed E-state index contributed by atoms with van der Waals surface area (Å²) in [6.07, 6.45) is 5.87. The molecule has 1 atom stereocenters. The van der Waals surface area contributed by atoms with E-state index in [-0.39, 0.29) is 29.7 Å². The Hall–Kier alpha value is -2.35. The van der Waals surface area contributed by atoms with Crippen LogP contribution in [0.5, 0.6) is 0 Å². The topological polar surface area (TPSA) is 91.1 Å². The lowest BCUT2D eigenvalue weighted by Gasteiger charge is -2.33. The van der Waals surface area contributed by atoms with Crippen LogP contribution in [-0.4, -0.2) is 39.2 Å². The smallest absolute Gasteiger partial charge is 0.220 e. The first-order chi connectivity index (χ1) is 13.1. The molecule has 27 heavy (non-hydrogen) atoms. The van der Waals surface area contributed by atoms with Gasteiger partial charge in [-0.15, -0.1) is 5.10 Å². The van der Waals surface area contributed by atoms with Crippen molar-refractivity contribution in [2.75, 3.05) is 13.1 Å². The fourth-order valence-electron chi connectivity index (χ4n) is 4.61. The van der Waals surface area contributed by atoms with Gasteiger partial charge in [-0.1, -0.05) is 25.0 Å². The largest absolute Gasteiger partial charge is 0.369 e. The highest BCUT2D eigenvalue weighted by Gasteiger charge is 2.38. The molecule has 0 spiro atoms. The average Bonchev–Trinajstić information content (AvgIpc) is 3.35. The van der Waals surface area contributed by atoms with E-state index in [1.54, 1.807) is 6.07 Å². The van der Waals surface area contributed by atoms with E-state index < -0.39 is 0 Å². The Balaban J connectivity index is 1.69. The first-order valence-corrected chi connectivity index (χ1v) is 9.81. The second kappa shape index (κ2) is 7.72. The molecule has 2 aliphatic rings. The third-order valence-corrected chi connectivity index (χ3v) is 6.10. The molecule has 8 heteroatoms. The molecular formula is C19H26FN6O+. The molecule has 1 aromatic carbocycles. The van der Waals surface area contributed by atoms with Crippen LogP contribution in [0.25, 0.3) is 0 Å². The number of piperidine rings is 1. The highest BCUT2D eigenvalue weighted by atomic mass is 19.1. The molecule has 1 aliphatic heterocycles. The van der Waals surface area contributed by atoms with Crippen LogP contribution >= 0.6 is 0 Å². The molecule has 1 saturated carbocycles. The summed E-state index contributed by atoms with van der Waals surface area (Å²) in [7, 11) is 0. The maximum absolute atomic E-state index is 14.7. The molecule has 1 amide bonds. The fraction of sp³-hybridized carbons (Fsp3) is 0.579. The van der Waals surface area contributed by atoms with Crippen molar-refractivity contribution in [3.8, 4) is 0 Å². The lowest BCUT2D eigenvalue weighted by Crippen LogP contribution is -3.13. The van der Waals surface area contributed by atoms with E-state index in [1.165, 1.54) is 23.8 Å². The number of aromatic nitrogens is 4. The van der Waals surface area contributed by atoms with Gasteiger partial charge in [0.25, 0.3) is 0 Å². The van der Waals surface area contributed by atoms with Gasteiger partial charge in [0.1, 0.15) is 5.82 Å². The number of nitrogens with one attached hydrogen (secondary N) is 1. The third-order valence-electron chi connectivity index (χ3n) is 6.10. The Morgan fingerprint density at radius 2 is 1.89 bits per heavy atom. The summed E-state index contributed by atoms with van der Waals surface area (Å²) in [5, 5.41) is 12.5. The maximum atomic E-state index is 14.7. The van der Waals surface area contributed by atoms with Crippen LogP contribution in [0.2, 0.25) is 0 Å². The Labute approximate surface area is 157 Å². The van der Waals surface area contributed by atoms with E-state index in [1.807, 2.05) is 16.8 Å². The van der Waals surface area contributed by atoms with E-state index in [0.717, 1.165) is 31.8 Å². The number of carbonyl (C=O) groups excluding carboxylic acids is 1. The van der Waals surface area contributed by atoms with Crippen molar-refractivity contribution in [2.24, 2.45) is 11.7 Å². The normalized spacial score (nSPS) is 24.8. The zero-order chi connectivity index (χ0) is 18.8. The molecule has 2 fully saturated rings. The minimum absolute atomic E-state index is 0.0964. The number of rotatable bonds is 5. The molecule has 2 aromatic rings. The number of nitrogens with zero attached hydrogens (tertiary/aromatic N) is 4. The summed E-state index contributed by atoms with van der Waals surface area (Å²) in [6, 6.07) is 6.86. The Bertz CT molecular complexity index is 795. The van der Waals surface area contributed by atoms with Gasteiger partial charge >= 0.3 is 0 Å². The molecule has 0 radical (unpaired) electrons. The van der Waals surface area contributed by atoms with Crippen LogP contribution < -0.4 is 10.6 Å². The van der Waals surface area contributed by atoms with Gasteiger partial charge in [-0.2, -0.15) is 0 Å². The summed E-state index contributed by atoms with van der Waals surface area (Å²) in [4.78, 5) is 12.7. The molecular weight excluding hydrogens is 347 g/mol. The van der Waals surface area contributed by atoms with Crippen molar-refractivity contribution in [3.05, 3.63) is 41.5 Å². The summed E-state index contributed by atoms with van der Waals surface area (Å²) < 4.78 is 16.6. The first-order valence-electron chi connectivity index (χ1n) is 9.81. The van der Waals surface area contributed by atoms with Crippen LogP contribution in [0, 0.1) is 11.7 Å². The van der Waals surface area contributed by atoms with Gasteiger partial charge < -0.3 is 10.6 Å². The Kier molecular flexibility index (Phi) is 5.15. The van der Waals surface area contributed by atoms with E-state index in [4.69, 9.17) is 5.73 Å². The van der Waals surface area contributed by atoms with Gasteiger partial charge in [-0.3, -0.25) is 4.79 Å². The molecule has 0 unspecified atom stereocenters. The average molecular weight is 373 g/mol. The van der Waals surface area contributed by atoms with Crippen LogP contribution in [0.4, 0.5) is 4.39 Å². The van der Waals surface area contributed by atoms with E-state index >= 15 is 0 Å². The van der Waals surface area contributed by atoms with Crippen LogP contribution in [0.1, 0.15) is 62.0 Å². The first kappa shape index (κ1) is 18.0. The van der Waals surface area contributed by atoms with Crippen molar-refractivity contribution in [3.63, 3.8) is 0 Å². The number of primary amides is 1. The van der Waals surface area contributed by atoms with Gasteiger partial charge in [0.2, 0.25) is 11.7 Å². The number of hydrogen-bond acceptors (Lipinski definition) is 4. The number of amides is 1. The van der Waals surface area contributed by atoms with Crippen molar-refractivity contribution < 1.29 is 14.1 Å². The summed E-state index contributed by atoms with van der Waals surface area (Å²) in [6.45, 7) is 1.48. The number of hydrogen-bond donors (Lipinski definition) is 2. The lowest BCUT2D eigenvalue weighted by molar-refractivity contribution is -0.932. The standard InChI is InChI=1S/C19H25FN6O/c20-16-8-4-3-7-15(16)17(25-11-9-13(10-12-25)18(21)27)19-22-23-24-26(19)14-5-1-2-6-14/h3-4,7-8,13-14,17H,1-2,5-6,9-12H2,(H2,21,27)/p+1/t17-/m1/s1. The number of tetrazole rings is 1. The van der Waals surface area contributed by atoms with Gasteiger partial charge in [-0.05, 0) is 35.4 Å². The second-order valence-electron chi connectivity index (χ2n) is 7.71. The van der Waals surface area contributed by atoms with Gasteiger partial charge in [0.15, 0.2) is 6.04 Å². The van der Waals surface area contributed by atoms with Gasteiger partial charge in [0, 0.05) is 18.8 Å². The molecule has 0 bridgehead atoms. The summed E-state index contributed by atoms with van der Waals surface area (Å²) in [5.74, 6) is 0.139. The maximum Gasteiger partial charge on any atom is 0.220 e. The fourth-order valence-corrected chi connectivity index (χ4v) is 4.61. The molecule has 1 aromatic heterocycles. The molecule has 2 heterocycles. The van der Waals surface area contributed by atoms with Crippen molar-refractivity contribution in [2.45, 2.75) is 50.6 Å². The number of carbonyl (C=O) groups is 1. The van der Waals surface area contributed by atoms with Crippen molar-refractivity contribution in [1.29, 1.82) is 0 Å². The van der Waals surface area contributed by atoms with E-state index in [0.29, 0.717) is 18.4 Å². The van der Waals surface area contributed by atoms with E-state index in [2.05, 4.69) is 15.5 Å². The zero-order valence-corrected chi connectivity index (χ0v) is 15.4. The molecule has 144 valence electrons. The molecule has 1 saturated heterocycles. The second-order valence-corrected chi connectivity index (χ2v) is 7.71. The van der Waals surface area contributed by atoms with Crippen LogP contribution in [-0.2, 0) is 4.79 Å². The summed E-state index contributed by atoms with van der Waals surface area (Å²) >= 11 is 0. The molecule has 7 nitrogen and oxygen atoms in total. The zero-order valence-electron chi connectivity index (χ0n) is 15.4. The molecule has 1 aliphatic carbocycles. The summed E-state index contributed by atoms with van der Waals surface area (Å²) in [5.41, 5.74) is 6.09. The predicted octanol–water partition coefficient (Wildman–Crippen LogP) is 0.797.